The van der Waals surface area contributed by atoms with Crippen LogP contribution in [0.1, 0.15) is 11.4 Å². The van der Waals surface area contributed by atoms with Crippen molar-refractivity contribution in [2.45, 2.75) is 13.8 Å². The number of pyridine rings is 1. The van der Waals surface area contributed by atoms with Crippen LogP contribution in [-0.2, 0) is 0 Å². The number of hydrogen-bond acceptors (Lipinski definition) is 9. The summed E-state index contributed by atoms with van der Waals surface area (Å²) in [6.45, 7) is 3.77. The zero-order valence-corrected chi connectivity index (χ0v) is 17.5. The molecular formula is C21H21N7O3. The Hall–Kier alpha value is -4.21. The molecule has 0 aliphatic carbocycles. The molecule has 158 valence electrons. The van der Waals surface area contributed by atoms with Crippen molar-refractivity contribution in [3.63, 3.8) is 0 Å². The molecule has 1 aromatic carbocycles. The highest BCUT2D eigenvalue weighted by molar-refractivity contribution is 5.62. The van der Waals surface area contributed by atoms with Crippen molar-refractivity contribution in [3.8, 4) is 29.2 Å². The number of anilines is 2. The Bertz CT molecular complexity index is 1210. The van der Waals surface area contributed by atoms with E-state index in [0.717, 1.165) is 11.4 Å². The highest BCUT2D eigenvalue weighted by atomic mass is 16.5. The summed E-state index contributed by atoms with van der Waals surface area (Å²) in [6.07, 6.45) is 5.35. The number of ether oxygens (including phenoxy) is 3. The number of methoxy groups -OCH3 is 2. The lowest BCUT2D eigenvalue weighted by Gasteiger charge is -2.13. The Morgan fingerprint density at radius 2 is 1.74 bits per heavy atom. The zero-order chi connectivity index (χ0) is 21.8. The SMILES string of the molecule is COc1nc(Nc2ccc(-n3cnc(C)c3)c(OC)c2)nc(Oc2cccnc2C)n1. The van der Waals surface area contributed by atoms with Gasteiger partial charge in [-0.05, 0) is 38.1 Å². The van der Waals surface area contributed by atoms with Gasteiger partial charge in [-0.15, -0.1) is 4.98 Å². The van der Waals surface area contributed by atoms with Crippen molar-refractivity contribution in [1.82, 2.24) is 29.5 Å². The maximum Gasteiger partial charge on any atom is 0.330 e. The maximum absolute atomic E-state index is 5.77. The van der Waals surface area contributed by atoms with Crippen LogP contribution in [0.4, 0.5) is 11.6 Å². The highest BCUT2D eigenvalue weighted by Gasteiger charge is 2.13. The van der Waals surface area contributed by atoms with E-state index in [1.54, 1.807) is 31.8 Å². The molecule has 4 rings (SSSR count). The van der Waals surface area contributed by atoms with Crippen molar-refractivity contribution >= 4 is 11.6 Å². The van der Waals surface area contributed by atoms with Crippen molar-refractivity contribution < 1.29 is 14.2 Å². The van der Waals surface area contributed by atoms with E-state index in [0.29, 0.717) is 22.9 Å². The molecule has 31 heavy (non-hydrogen) atoms. The molecule has 10 heteroatoms. The molecule has 1 N–H and O–H groups in total. The minimum Gasteiger partial charge on any atom is -0.494 e. The lowest BCUT2D eigenvalue weighted by atomic mass is 10.2. The maximum atomic E-state index is 5.77. The number of benzene rings is 1. The standard InChI is InChI=1S/C21H21N7O3/c1-13-11-28(12-23-13)16-8-7-15(10-18(16)29-3)24-19-25-20(30-4)27-21(26-19)31-17-6-5-9-22-14(17)2/h5-12H,1-4H3,(H,24,25,26,27). The number of nitrogens with zero attached hydrogens (tertiary/aromatic N) is 6. The molecule has 0 spiro atoms. The number of imidazole rings is 1. The lowest BCUT2D eigenvalue weighted by Crippen LogP contribution is -2.05. The van der Waals surface area contributed by atoms with Crippen molar-refractivity contribution in [2.75, 3.05) is 19.5 Å². The quantitative estimate of drug-likeness (QED) is 0.480. The van der Waals surface area contributed by atoms with Crippen LogP contribution in [0.2, 0.25) is 0 Å². The van der Waals surface area contributed by atoms with E-state index in [1.807, 2.05) is 42.8 Å². The summed E-state index contributed by atoms with van der Waals surface area (Å²) < 4.78 is 18.4. The van der Waals surface area contributed by atoms with Crippen LogP contribution in [0, 0.1) is 13.8 Å². The van der Waals surface area contributed by atoms with Gasteiger partial charge in [-0.2, -0.15) is 9.97 Å². The Morgan fingerprint density at radius 1 is 0.903 bits per heavy atom. The van der Waals surface area contributed by atoms with Crippen LogP contribution < -0.4 is 19.5 Å². The Balaban J connectivity index is 1.62. The summed E-state index contributed by atoms with van der Waals surface area (Å²) in [5, 5.41) is 3.14. The second kappa shape index (κ2) is 8.66. The summed E-state index contributed by atoms with van der Waals surface area (Å²) in [4.78, 5) is 21.2. The average Bonchev–Trinajstić information content (AvgIpc) is 3.21. The predicted octanol–water partition coefficient (Wildman–Crippen LogP) is 3.62. The van der Waals surface area contributed by atoms with E-state index >= 15 is 0 Å². The fourth-order valence-corrected chi connectivity index (χ4v) is 2.86. The molecule has 0 radical (unpaired) electrons. The summed E-state index contributed by atoms with van der Waals surface area (Å²) in [6, 6.07) is 9.40. The predicted molar refractivity (Wildman–Crippen MR) is 114 cm³/mol. The third-order valence-corrected chi connectivity index (χ3v) is 4.36. The molecule has 3 heterocycles. The fraction of sp³-hybridized carbons (Fsp3) is 0.190. The molecule has 3 aromatic heterocycles. The molecule has 0 unspecified atom stereocenters. The van der Waals surface area contributed by atoms with Gasteiger partial charge < -0.3 is 24.1 Å². The van der Waals surface area contributed by atoms with Crippen LogP contribution in [0.3, 0.4) is 0 Å². The fourth-order valence-electron chi connectivity index (χ4n) is 2.86. The largest absolute Gasteiger partial charge is 0.494 e. The minimum atomic E-state index is 0.0860. The zero-order valence-electron chi connectivity index (χ0n) is 17.5. The number of aromatic nitrogens is 6. The third kappa shape index (κ3) is 4.53. The number of nitrogens with one attached hydrogen (secondary N) is 1. The minimum absolute atomic E-state index is 0.0860. The Morgan fingerprint density at radius 3 is 2.45 bits per heavy atom. The van der Waals surface area contributed by atoms with Gasteiger partial charge in [0.15, 0.2) is 5.75 Å². The second-order valence-electron chi connectivity index (χ2n) is 6.55. The van der Waals surface area contributed by atoms with Gasteiger partial charge in [0.25, 0.3) is 0 Å². The molecule has 4 aromatic rings. The van der Waals surface area contributed by atoms with Gasteiger partial charge in [-0.3, -0.25) is 4.98 Å². The van der Waals surface area contributed by atoms with Crippen LogP contribution in [0.15, 0.2) is 49.1 Å². The van der Waals surface area contributed by atoms with Crippen molar-refractivity contribution in [2.24, 2.45) is 0 Å². The molecular weight excluding hydrogens is 398 g/mol. The van der Waals surface area contributed by atoms with Crippen LogP contribution in [0.5, 0.6) is 23.5 Å². The number of rotatable bonds is 7. The molecule has 0 atom stereocenters. The second-order valence-corrected chi connectivity index (χ2v) is 6.55. The molecule has 0 saturated carbocycles. The normalized spacial score (nSPS) is 10.6. The first kappa shape index (κ1) is 20.1. The molecule has 10 nitrogen and oxygen atoms in total. The average molecular weight is 419 g/mol. The number of aryl methyl sites for hydroxylation is 2. The molecule has 0 aliphatic rings. The summed E-state index contributed by atoms with van der Waals surface area (Å²) in [5.41, 5.74) is 3.21. The van der Waals surface area contributed by atoms with Gasteiger partial charge in [0, 0.05) is 24.1 Å². The van der Waals surface area contributed by atoms with Gasteiger partial charge >= 0.3 is 12.0 Å². The first-order valence-electron chi connectivity index (χ1n) is 9.41. The van der Waals surface area contributed by atoms with E-state index in [4.69, 9.17) is 14.2 Å². The van der Waals surface area contributed by atoms with Gasteiger partial charge in [0.05, 0.1) is 37.6 Å². The third-order valence-electron chi connectivity index (χ3n) is 4.36. The van der Waals surface area contributed by atoms with Gasteiger partial charge in [-0.1, -0.05) is 0 Å². The Kier molecular flexibility index (Phi) is 5.61. The van der Waals surface area contributed by atoms with E-state index < -0.39 is 0 Å². The first-order chi connectivity index (χ1) is 15.1. The van der Waals surface area contributed by atoms with E-state index in [-0.39, 0.29) is 18.0 Å². The van der Waals surface area contributed by atoms with Gasteiger partial charge in [-0.25, -0.2) is 4.98 Å². The molecule has 0 saturated heterocycles. The summed E-state index contributed by atoms with van der Waals surface area (Å²) in [5.74, 6) is 1.46. The van der Waals surface area contributed by atoms with Crippen LogP contribution in [-0.4, -0.2) is 43.7 Å². The highest BCUT2D eigenvalue weighted by Crippen LogP contribution is 2.29. The Labute approximate surface area is 178 Å². The lowest BCUT2D eigenvalue weighted by molar-refractivity contribution is 0.359. The number of hydrogen-bond donors (Lipinski definition) is 1. The van der Waals surface area contributed by atoms with Crippen molar-refractivity contribution in [1.29, 1.82) is 0 Å². The van der Waals surface area contributed by atoms with E-state index in [2.05, 4.69) is 30.2 Å². The van der Waals surface area contributed by atoms with Crippen LogP contribution in [0.25, 0.3) is 5.69 Å². The van der Waals surface area contributed by atoms with E-state index in [1.165, 1.54) is 7.11 Å². The molecule has 0 amide bonds. The van der Waals surface area contributed by atoms with Crippen LogP contribution >= 0.6 is 0 Å². The topological polar surface area (TPSA) is 109 Å². The first-order valence-corrected chi connectivity index (χ1v) is 9.41. The summed E-state index contributed by atoms with van der Waals surface area (Å²) in [7, 11) is 3.09. The monoisotopic (exact) mass is 419 g/mol. The summed E-state index contributed by atoms with van der Waals surface area (Å²) >= 11 is 0. The van der Waals surface area contributed by atoms with Gasteiger partial charge in [0.2, 0.25) is 5.95 Å². The molecule has 0 aliphatic heterocycles. The van der Waals surface area contributed by atoms with E-state index in [9.17, 15) is 0 Å². The molecule has 0 fully saturated rings. The van der Waals surface area contributed by atoms with Crippen molar-refractivity contribution in [3.05, 3.63) is 60.4 Å². The molecule has 0 bridgehead atoms. The smallest absolute Gasteiger partial charge is 0.330 e. The van der Waals surface area contributed by atoms with Gasteiger partial charge in [0.1, 0.15) is 5.75 Å².